The zero-order valence-electron chi connectivity index (χ0n) is 12.4. The van der Waals surface area contributed by atoms with Gasteiger partial charge in [-0.3, -0.25) is 4.90 Å². The summed E-state index contributed by atoms with van der Waals surface area (Å²) in [6.07, 6.45) is 5.71. The molecule has 3 nitrogen and oxygen atoms in total. The Labute approximate surface area is 121 Å². The molecule has 2 aliphatic rings. The number of hydrogen-bond acceptors (Lipinski definition) is 3. The highest BCUT2D eigenvalue weighted by molar-refractivity contribution is 5.37. The highest BCUT2D eigenvalue weighted by Gasteiger charge is 2.39. The van der Waals surface area contributed by atoms with E-state index in [4.69, 9.17) is 0 Å². The van der Waals surface area contributed by atoms with Crippen LogP contribution in [0.2, 0.25) is 0 Å². The van der Waals surface area contributed by atoms with Crippen molar-refractivity contribution in [2.24, 2.45) is 17.8 Å². The van der Waals surface area contributed by atoms with Crippen molar-refractivity contribution in [2.75, 3.05) is 13.6 Å². The predicted molar refractivity (Wildman–Crippen MR) is 79.8 cm³/mol. The van der Waals surface area contributed by atoms with Crippen molar-refractivity contribution in [3.05, 3.63) is 23.8 Å². The Morgan fingerprint density at radius 1 is 1.15 bits per heavy atom. The minimum absolute atomic E-state index is 0.139. The van der Waals surface area contributed by atoms with Gasteiger partial charge in [0.25, 0.3) is 0 Å². The average Bonchev–Trinajstić information content (AvgIpc) is 2.98. The lowest BCUT2D eigenvalue weighted by molar-refractivity contribution is 0.181. The number of phenolic OH excluding ortho intramolecular Hbond substituents is 2. The molecule has 1 aromatic carbocycles. The third kappa shape index (κ3) is 2.64. The fraction of sp³-hybridized carbons (Fsp3) is 0.647. The van der Waals surface area contributed by atoms with E-state index < -0.39 is 0 Å². The molecule has 0 aromatic heterocycles. The van der Waals surface area contributed by atoms with Gasteiger partial charge in [-0.1, -0.05) is 6.42 Å². The standard InChI is InChI=1S/C17H25NO2/c1-11(14-7-16(19)9-17(20)8-14)18(2)10-15-6-12-3-4-13(15)5-12/h7-9,11-13,15,19-20H,3-6,10H2,1-2H3. The molecule has 110 valence electrons. The molecule has 0 saturated heterocycles. The average molecular weight is 275 g/mol. The summed E-state index contributed by atoms with van der Waals surface area (Å²) in [6, 6.07) is 5.10. The SMILES string of the molecule is CC(c1cc(O)cc(O)c1)N(C)CC1CC2CCC1C2. The zero-order chi connectivity index (χ0) is 14.3. The van der Waals surface area contributed by atoms with Gasteiger partial charge in [0, 0.05) is 18.7 Å². The van der Waals surface area contributed by atoms with Crippen LogP contribution in [0.15, 0.2) is 18.2 Å². The number of nitrogens with zero attached hydrogens (tertiary/aromatic N) is 1. The van der Waals surface area contributed by atoms with Gasteiger partial charge in [0.1, 0.15) is 11.5 Å². The van der Waals surface area contributed by atoms with Crippen molar-refractivity contribution in [1.29, 1.82) is 0 Å². The second-order valence-electron chi connectivity index (χ2n) is 6.83. The highest BCUT2D eigenvalue weighted by atomic mass is 16.3. The van der Waals surface area contributed by atoms with Gasteiger partial charge in [-0.2, -0.15) is 0 Å². The molecule has 0 heterocycles. The first-order valence-corrected chi connectivity index (χ1v) is 7.76. The van der Waals surface area contributed by atoms with Gasteiger partial charge in [-0.15, -0.1) is 0 Å². The van der Waals surface area contributed by atoms with E-state index in [0.29, 0.717) is 0 Å². The smallest absolute Gasteiger partial charge is 0.119 e. The first-order valence-electron chi connectivity index (χ1n) is 7.76. The van der Waals surface area contributed by atoms with E-state index in [-0.39, 0.29) is 17.5 Å². The summed E-state index contributed by atoms with van der Waals surface area (Å²) in [5.74, 6) is 3.04. The van der Waals surface area contributed by atoms with Crippen LogP contribution in [0.5, 0.6) is 11.5 Å². The van der Waals surface area contributed by atoms with Crippen molar-refractivity contribution in [2.45, 2.75) is 38.6 Å². The van der Waals surface area contributed by atoms with Crippen LogP contribution < -0.4 is 0 Å². The van der Waals surface area contributed by atoms with Crippen molar-refractivity contribution in [3.63, 3.8) is 0 Å². The summed E-state index contributed by atoms with van der Waals surface area (Å²) in [4.78, 5) is 2.36. The summed E-state index contributed by atoms with van der Waals surface area (Å²) < 4.78 is 0. The van der Waals surface area contributed by atoms with Crippen LogP contribution in [-0.2, 0) is 0 Å². The molecule has 4 atom stereocenters. The molecule has 0 amide bonds. The van der Waals surface area contributed by atoms with E-state index in [2.05, 4.69) is 18.9 Å². The molecule has 2 aliphatic carbocycles. The summed E-state index contributed by atoms with van der Waals surface area (Å²) in [6.45, 7) is 3.26. The molecule has 4 unspecified atom stereocenters. The minimum atomic E-state index is 0.139. The van der Waals surface area contributed by atoms with Gasteiger partial charge in [-0.25, -0.2) is 0 Å². The molecular weight excluding hydrogens is 250 g/mol. The maximum atomic E-state index is 9.62. The van der Waals surface area contributed by atoms with Gasteiger partial charge in [0.05, 0.1) is 0 Å². The van der Waals surface area contributed by atoms with Crippen LogP contribution in [0.1, 0.15) is 44.2 Å². The summed E-state index contributed by atoms with van der Waals surface area (Å²) in [7, 11) is 2.15. The van der Waals surface area contributed by atoms with E-state index in [1.165, 1.54) is 31.7 Å². The number of fused-ring (bicyclic) bond motifs is 2. The Morgan fingerprint density at radius 2 is 1.85 bits per heavy atom. The van der Waals surface area contributed by atoms with Gasteiger partial charge >= 0.3 is 0 Å². The quantitative estimate of drug-likeness (QED) is 0.883. The molecule has 2 bridgehead atoms. The van der Waals surface area contributed by atoms with Gasteiger partial charge in [0.2, 0.25) is 0 Å². The number of benzene rings is 1. The van der Waals surface area contributed by atoms with Crippen molar-refractivity contribution in [1.82, 2.24) is 4.90 Å². The molecule has 20 heavy (non-hydrogen) atoms. The molecule has 2 fully saturated rings. The Bertz CT molecular complexity index is 468. The second-order valence-corrected chi connectivity index (χ2v) is 6.83. The number of phenols is 2. The predicted octanol–water partition coefficient (Wildman–Crippen LogP) is 3.53. The lowest BCUT2D eigenvalue weighted by atomic mass is 9.88. The minimum Gasteiger partial charge on any atom is -0.508 e. The van der Waals surface area contributed by atoms with Gasteiger partial charge in [0.15, 0.2) is 0 Å². The highest BCUT2D eigenvalue weighted by Crippen LogP contribution is 2.48. The Balaban J connectivity index is 1.65. The first kappa shape index (κ1) is 13.7. The lowest BCUT2D eigenvalue weighted by Crippen LogP contribution is -2.30. The van der Waals surface area contributed by atoms with E-state index >= 15 is 0 Å². The molecule has 0 radical (unpaired) electrons. The number of hydrogen-bond donors (Lipinski definition) is 2. The van der Waals surface area contributed by atoms with E-state index in [0.717, 1.165) is 29.9 Å². The molecular formula is C17H25NO2. The number of aromatic hydroxyl groups is 2. The molecule has 1 aromatic rings. The van der Waals surface area contributed by atoms with E-state index in [1.54, 1.807) is 12.1 Å². The monoisotopic (exact) mass is 275 g/mol. The van der Waals surface area contributed by atoms with Gasteiger partial charge < -0.3 is 10.2 Å². The normalized spacial score (nSPS) is 30.1. The summed E-state index contributed by atoms with van der Waals surface area (Å²) in [5, 5.41) is 19.2. The molecule has 2 saturated carbocycles. The van der Waals surface area contributed by atoms with E-state index in [1.807, 2.05) is 0 Å². The van der Waals surface area contributed by atoms with E-state index in [9.17, 15) is 10.2 Å². The summed E-state index contributed by atoms with van der Waals surface area (Å²) in [5.41, 5.74) is 0.980. The zero-order valence-corrected chi connectivity index (χ0v) is 12.4. The number of rotatable bonds is 4. The van der Waals surface area contributed by atoms with Crippen LogP contribution in [0.3, 0.4) is 0 Å². The fourth-order valence-electron chi connectivity index (χ4n) is 4.24. The largest absolute Gasteiger partial charge is 0.508 e. The topological polar surface area (TPSA) is 43.7 Å². The third-order valence-electron chi connectivity index (χ3n) is 5.48. The fourth-order valence-corrected chi connectivity index (χ4v) is 4.24. The maximum absolute atomic E-state index is 9.62. The molecule has 3 rings (SSSR count). The van der Waals surface area contributed by atoms with Gasteiger partial charge in [-0.05, 0) is 68.7 Å². The third-order valence-corrected chi connectivity index (χ3v) is 5.48. The summed E-state index contributed by atoms with van der Waals surface area (Å²) >= 11 is 0. The molecule has 3 heteroatoms. The Hall–Kier alpha value is -1.22. The Kier molecular flexibility index (Phi) is 3.63. The molecule has 2 N–H and O–H groups in total. The second kappa shape index (κ2) is 5.28. The van der Waals surface area contributed by atoms with Crippen molar-refractivity contribution < 1.29 is 10.2 Å². The molecule has 0 spiro atoms. The molecule has 0 aliphatic heterocycles. The maximum Gasteiger partial charge on any atom is 0.119 e. The lowest BCUT2D eigenvalue weighted by Gasteiger charge is -2.31. The van der Waals surface area contributed by atoms with Crippen LogP contribution >= 0.6 is 0 Å². The van der Waals surface area contributed by atoms with Crippen LogP contribution in [-0.4, -0.2) is 28.7 Å². The van der Waals surface area contributed by atoms with Crippen LogP contribution in [0.25, 0.3) is 0 Å². The van der Waals surface area contributed by atoms with Crippen LogP contribution in [0, 0.1) is 17.8 Å². The van der Waals surface area contributed by atoms with Crippen LogP contribution in [0.4, 0.5) is 0 Å². The Morgan fingerprint density at radius 3 is 2.40 bits per heavy atom. The van der Waals surface area contributed by atoms with Crippen molar-refractivity contribution >= 4 is 0 Å². The van der Waals surface area contributed by atoms with Crippen molar-refractivity contribution in [3.8, 4) is 11.5 Å². The first-order chi connectivity index (χ1) is 9.52.